The second-order valence-electron chi connectivity index (χ2n) is 10.2. The maximum absolute atomic E-state index is 14.2. The highest BCUT2D eigenvalue weighted by Crippen LogP contribution is 2.31. The summed E-state index contributed by atoms with van der Waals surface area (Å²) >= 11 is 0. The fourth-order valence-electron chi connectivity index (χ4n) is 4.48. The van der Waals surface area contributed by atoms with Gasteiger partial charge >= 0.3 is 0 Å². The first-order chi connectivity index (χ1) is 18.8. The van der Waals surface area contributed by atoms with Crippen LogP contribution in [0.4, 0.5) is 4.39 Å². The molecule has 1 aliphatic rings. The van der Waals surface area contributed by atoms with Gasteiger partial charge in [-0.05, 0) is 74.6 Å². The molecule has 200 valence electrons. The Hall–Kier alpha value is -4.31. The minimum Gasteiger partial charge on any atom is -0.386 e. The van der Waals surface area contributed by atoms with Gasteiger partial charge in [0.05, 0.1) is 35.4 Å². The molecule has 0 radical (unpaired) electrons. The third kappa shape index (κ3) is 6.40. The third-order valence-corrected chi connectivity index (χ3v) is 6.66. The van der Waals surface area contributed by atoms with E-state index in [4.69, 9.17) is 0 Å². The molecule has 0 bridgehead atoms. The lowest BCUT2D eigenvalue weighted by atomic mass is 9.99. The number of benzene rings is 1. The summed E-state index contributed by atoms with van der Waals surface area (Å²) in [7, 11) is 0. The molecule has 2 N–H and O–H groups in total. The van der Waals surface area contributed by atoms with Crippen molar-refractivity contribution in [1.29, 1.82) is 0 Å². The van der Waals surface area contributed by atoms with Crippen molar-refractivity contribution >= 4 is 17.6 Å². The van der Waals surface area contributed by atoms with Crippen molar-refractivity contribution in [2.75, 3.05) is 0 Å². The molecule has 0 aliphatic heterocycles. The predicted molar refractivity (Wildman–Crippen MR) is 144 cm³/mol. The lowest BCUT2D eigenvalue weighted by Gasteiger charge is -2.18. The number of aliphatic hydroxyl groups is 1. The van der Waals surface area contributed by atoms with Gasteiger partial charge in [0, 0.05) is 30.3 Å². The zero-order valence-electron chi connectivity index (χ0n) is 21.9. The van der Waals surface area contributed by atoms with Crippen molar-refractivity contribution in [3.8, 4) is 0 Å². The summed E-state index contributed by atoms with van der Waals surface area (Å²) in [5.41, 5.74) is 4.89. The Balaban J connectivity index is 1.09. The summed E-state index contributed by atoms with van der Waals surface area (Å²) in [6, 6.07) is 12.3. The number of amides is 1. The number of aromatic nitrogens is 6. The molecule has 0 unspecified atom stereocenters. The van der Waals surface area contributed by atoms with Crippen LogP contribution in [0.2, 0.25) is 0 Å². The Morgan fingerprint density at radius 3 is 2.77 bits per heavy atom. The Kier molecular flexibility index (Phi) is 7.56. The normalized spacial score (nSPS) is 12.8. The number of allylic oxidation sites excluding steroid dienone is 1. The van der Waals surface area contributed by atoms with Crippen LogP contribution in [0.15, 0.2) is 54.9 Å². The third-order valence-electron chi connectivity index (χ3n) is 6.66. The van der Waals surface area contributed by atoms with Gasteiger partial charge in [0.25, 0.3) is 5.91 Å². The van der Waals surface area contributed by atoms with Crippen LogP contribution in [-0.2, 0) is 31.5 Å². The number of rotatable bonds is 10. The summed E-state index contributed by atoms with van der Waals surface area (Å²) in [6.07, 6.45) is 8.25. The zero-order chi connectivity index (χ0) is 27.4. The summed E-state index contributed by atoms with van der Waals surface area (Å²) in [6.45, 7) is 4.23. The summed E-state index contributed by atoms with van der Waals surface area (Å²) in [5.74, 6) is -0.569. The highest BCUT2D eigenvalue weighted by atomic mass is 19.1. The lowest BCUT2D eigenvalue weighted by Crippen LogP contribution is -2.24. The second kappa shape index (κ2) is 11.2. The van der Waals surface area contributed by atoms with Gasteiger partial charge in [0.1, 0.15) is 5.82 Å². The van der Waals surface area contributed by atoms with E-state index < -0.39 is 5.60 Å². The first-order valence-electron chi connectivity index (χ1n) is 12.9. The molecule has 5 rings (SSSR count). The maximum Gasteiger partial charge on any atom is 0.273 e. The topological polar surface area (TPSA) is 119 Å². The summed E-state index contributed by atoms with van der Waals surface area (Å²) in [5, 5.41) is 29.7. The van der Waals surface area contributed by atoms with E-state index in [9.17, 15) is 14.3 Å². The molecule has 1 aliphatic carbocycles. The first kappa shape index (κ1) is 26.3. The second-order valence-corrected chi connectivity index (χ2v) is 10.2. The van der Waals surface area contributed by atoms with E-state index in [0.29, 0.717) is 24.2 Å². The molecular formula is C29H30FN7O2. The molecule has 0 saturated carbocycles. The van der Waals surface area contributed by atoms with E-state index in [1.165, 1.54) is 6.07 Å². The van der Waals surface area contributed by atoms with Crippen molar-refractivity contribution < 1.29 is 14.3 Å². The quantitative estimate of drug-likeness (QED) is 0.301. The van der Waals surface area contributed by atoms with E-state index >= 15 is 0 Å². The fraction of sp³-hybridized carbons (Fsp3) is 0.310. The van der Waals surface area contributed by atoms with Crippen molar-refractivity contribution in [1.82, 2.24) is 35.5 Å². The number of pyridine rings is 1. The van der Waals surface area contributed by atoms with E-state index in [1.807, 2.05) is 18.2 Å². The van der Waals surface area contributed by atoms with Crippen molar-refractivity contribution in [2.24, 2.45) is 0 Å². The number of unbranched alkanes of at least 4 members (excludes halogenated alkanes) is 1. The molecular weight excluding hydrogens is 497 g/mol. The minimum absolute atomic E-state index is 0.217. The van der Waals surface area contributed by atoms with Gasteiger partial charge in [-0.3, -0.25) is 14.5 Å². The molecule has 1 amide bonds. The SMILES string of the molecule is CC(C)(O)c1ccnc(CNC(=O)c2cn(CCCCc3cc4c(nn3)CC(c3ccccc3F)=C4)nn2)c1. The summed E-state index contributed by atoms with van der Waals surface area (Å²) in [4.78, 5) is 16.8. The molecule has 0 fully saturated rings. The van der Waals surface area contributed by atoms with E-state index in [0.717, 1.165) is 47.4 Å². The van der Waals surface area contributed by atoms with Gasteiger partial charge in [0.2, 0.25) is 0 Å². The van der Waals surface area contributed by atoms with Crippen molar-refractivity contribution in [2.45, 2.75) is 58.2 Å². The molecule has 4 aromatic rings. The van der Waals surface area contributed by atoms with Gasteiger partial charge < -0.3 is 10.4 Å². The molecule has 3 aromatic heterocycles. The lowest BCUT2D eigenvalue weighted by molar-refractivity contribution is 0.0784. The molecule has 0 atom stereocenters. The maximum atomic E-state index is 14.2. The highest BCUT2D eigenvalue weighted by Gasteiger charge is 2.19. The molecule has 9 nitrogen and oxygen atoms in total. The highest BCUT2D eigenvalue weighted by molar-refractivity contribution is 5.91. The number of halogens is 1. The van der Waals surface area contributed by atoms with E-state index in [-0.39, 0.29) is 24.0 Å². The molecule has 3 heterocycles. The van der Waals surface area contributed by atoms with Gasteiger partial charge in [0.15, 0.2) is 5.69 Å². The largest absolute Gasteiger partial charge is 0.386 e. The van der Waals surface area contributed by atoms with E-state index in [1.54, 1.807) is 55.2 Å². The first-order valence-corrected chi connectivity index (χ1v) is 12.9. The molecule has 39 heavy (non-hydrogen) atoms. The Bertz CT molecular complexity index is 1520. The number of nitrogens with zero attached hydrogens (tertiary/aromatic N) is 6. The van der Waals surface area contributed by atoms with E-state index in [2.05, 4.69) is 30.8 Å². The average molecular weight is 528 g/mol. The molecule has 0 saturated heterocycles. The average Bonchev–Trinajstić information content (AvgIpc) is 3.57. The van der Waals surface area contributed by atoms with Crippen LogP contribution in [0.25, 0.3) is 11.6 Å². The van der Waals surface area contributed by atoms with Crippen molar-refractivity contribution in [3.63, 3.8) is 0 Å². The van der Waals surface area contributed by atoms with Crippen LogP contribution in [0, 0.1) is 5.82 Å². The van der Waals surface area contributed by atoms with Gasteiger partial charge in [-0.1, -0.05) is 23.4 Å². The fourth-order valence-corrected chi connectivity index (χ4v) is 4.48. The van der Waals surface area contributed by atoms with Gasteiger partial charge in [-0.25, -0.2) is 4.39 Å². The number of fused-ring (bicyclic) bond motifs is 1. The number of hydrogen-bond donors (Lipinski definition) is 2. The van der Waals surface area contributed by atoms with Crippen LogP contribution in [-0.4, -0.2) is 41.2 Å². The number of nitrogens with one attached hydrogen (secondary N) is 1. The van der Waals surface area contributed by atoms with Gasteiger partial charge in [-0.15, -0.1) is 5.10 Å². The Morgan fingerprint density at radius 1 is 1.10 bits per heavy atom. The number of carbonyl (C=O) groups excluding carboxylic acids is 1. The van der Waals surface area contributed by atoms with Crippen LogP contribution in [0.3, 0.4) is 0 Å². The zero-order valence-corrected chi connectivity index (χ0v) is 21.9. The Labute approximate surface area is 225 Å². The smallest absolute Gasteiger partial charge is 0.273 e. The van der Waals surface area contributed by atoms with Crippen LogP contribution in [0.1, 0.15) is 70.9 Å². The number of hydrogen-bond acceptors (Lipinski definition) is 7. The van der Waals surface area contributed by atoms with Crippen LogP contribution < -0.4 is 5.32 Å². The summed E-state index contributed by atoms with van der Waals surface area (Å²) < 4.78 is 15.8. The predicted octanol–water partition coefficient (Wildman–Crippen LogP) is 3.88. The monoisotopic (exact) mass is 527 g/mol. The van der Waals surface area contributed by atoms with Crippen LogP contribution in [0.5, 0.6) is 0 Å². The van der Waals surface area contributed by atoms with Gasteiger partial charge in [-0.2, -0.15) is 10.2 Å². The standard InChI is InChI=1S/C29H30FN7O2/c1-29(2,39)21-10-11-31-23(16-21)17-32-28(38)27-18-37(36-35-27)12-6-5-7-22-14-20-13-19(15-26(20)34-33-22)24-8-3-4-9-25(24)30/h3-4,8-11,13-14,16,18,39H,5-7,12,15,17H2,1-2H3,(H,32,38). The minimum atomic E-state index is -0.985. The van der Waals surface area contributed by atoms with Crippen LogP contribution >= 0.6 is 0 Å². The molecule has 10 heteroatoms. The Morgan fingerprint density at radius 2 is 1.95 bits per heavy atom. The number of aryl methyl sites for hydroxylation is 2. The number of carbonyl (C=O) groups is 1. The molecule has 0 spiro atoms. The van der Waals surface area contributed by atoms with Crippen molar-refractivity contribution in [3.05, 3.63) is 100 Å². The molecule has 1 aromatic carbocycles.